The molecular formula is C11H13FN2O2. The van der Waals surface area contributed by atoms with Crippen molar-refractivity contribution in [2.24, 2.45) is 5.92 Å². The van der Waals surface area contributed by atoms with Gasteiger partial charge >= 0.3 is 5.97 Å². The first kappa shape index (κ1) is 10.9. The van der Waals surface area contributed by atoms with Gasteiger partial charge in [-0.25, -0.2) is 14.2 Å². The van der Waals surface area contributed by atoms with Crippen molar-refractivity contribution in [2.75, 3.05) is 11.9 Å². The van der Waals surface area contributed by atoms with Gasteiger partial charge in [-0.15, -0.1) is 0 Å². The summed E-state index contributed by atoms with van der Waals surface area (Å²) >= 11 is 0. The van der Waals surface area contributed by atoms with E-state index in [4.69, 9.17) is 5.11 Å². The molecule has 1 fully saturated rings. The van der Waals surface area contributed by atoms with E-state index in [1.165, 1.54) is 19.0 Å². The molecule has 0 atom stereocenters. The fourth-order valence-electron chi connectivity index (χ4n) is 1.53. The zero-order valence-corrected chi connectivity index (χ0v) is 8.74. The first-order chi connectivity index (χ1) is 7.68. The van der Waals surface area contributed by atoms with E-state index < -0.39 is 11.8 Å². The lowest BCUT2D eigenvalue weighted by Gasteiger charge is -2.07. The highest BCUT2D eigenvalue weighted by molar-refractivity contribution is 5.88. The van der Waals surface area contributed by atoms with Crippen LogP contribution in [0, 0.1) is 11.7 Å². The van der Waals surface area contributed by atoms with Crippen molar-refractivity contribution >= 4 is 11.8 Å². The SMILES string of the molecule is O=C(O)c1ccnc(NCCC2CC2)c1F. The lowest BCUT2D eigenvalue weighted by atomic mass is 10.2. The lowest BCUT2D eigenvalue weighted by molar-refractivity contribution is 0.0692. The van der Waals surface area contributed by atoms with Gasteiger partial charge in [0.15, 0.2) is 11.6 Å². The molecule has 4 nitrogen and oxygen atoms in total. The van der Waals surface area contributed by atoms with E-state index in [1.807, 2.05) is 0 Å². The Morgan fingerprint density at radius 1 is 1.62 bits per heavy atom. The zero-order chi connectivity index (χ0) is 11.5. The van der Waals surface area contributed by atoms with Crippen molar-refractivity contribution in [1.29, 1.82) is 0 Å². The molecule has 0 unspecified atom stereocenters. The third kappa shape index (κ3) is 2.48. The van der Waals surface area contributed by atoms with Crippen LogP contribution in [-0.4, -0.2) is 22.6 Å². The van der Waals surface area contributed by atoms with E-state index in [-0.39, 0.29) is 11.4 Å². The molecule has 2 rings (SSSR count). The Bertz CT molecular complexity index is 405. The average molecular weight is 224 g/mol. The first-order valence-corrected chi connectivity index (χ1v) is 5.30. The third-order valence-corrected chi connectivity index (χ3v) is 2.66. The van der Waals surface area contributed by atoms with Crippen LogP contribution in [0.4, 0.5) is 10.2 Å². The van der Waals surface area contributed by atoms with Crippen LogP contribution < -0.4 is 5.32 Å². The number of halogens is 1. The summed E-state index contributed by atoms with van der Waals surface area (Å²) in [6.45, 7) is 0.637. The minimum Gasteiger partial charge on any atom is -0.478 e. The quantitative estimate of drug-likeness (QED) is 0.804. The maximum atomic E-state index is 13.6. The van der Waals surface area contributed by atoms with Crippen molar-refractivity contribution < 1.29 is 14.3 Å². The average Bonchev–Trinajstić information content (AvgIpc) is 3.04. The van der Waals surface area contributed by atoms with E-state index >= 15 is 0 Å². The van der Waals surface area contributed by atoms with Gasteiger partial charge in [-0.3, -0.25) is 0 Å². The molecule has 5 heteroatoms. The molecule has 1 aliphatic carbocycles. The van der Waals surface area contributed by atoms with Gasteiger partial charge in [-0.05, 0) is 18.4 Å². The molecule has 0 spiro atoms. The Balaban J connectivity index is 2.01. The molecule has 0 aromatic carbocycles. The number of aromatic nitrogens is 1. The molecule has 1 saturated carbocycles. The van der Waals surface area contributed by atoms with Crippen molar-refractivity contribution in [2.45, 2.75) is 19.3 Å². The standard InChI is InChI=1S/C11H13FN2O2/c12-9-8(11(15)16)4-6-14-10(9)13-5-3-7-1-2-7/h4,6-7H,1-3,5H2,(H,13,14)(H,15,16). The van der Waals surface area contributed by atoms with Crippen molar-refractivity contribution in [3.05, 3.63) is 23.6 Å². The van der Waals surface area contributed by atoms with Crippen molar-refractivity contribution in [3.8, 4) is 0 Å². The molecule has 1 aromatic heterocycles. The number of nitrogens with one attached hydrogen (secondary N) is 1. The predicted octanol–water partition coefficient (Wildman–Crippen LogP) is 2.13. The Labute approximate surface area is 92.5 Å². The van der Waals surface area contributed by atoms with E-state index in [0.717, 1.165) is 18.4 Å². The highest BCUT2D eigenvalue weighted by Gasteiger charge is 2.21. The lowest BCUT2D eigenvalue weighted by Crippen LogP contribution is -2.09. The normalized spacial score (nSPS) is 14.8. The predicted molar refractivity (Wildman–Crippen MR) is 57.0 cm³/mol. The van der Waals surface area contributed by atoms with E-state index in [0.29, 0.717) is 6.54 Å². The summed E-state index contributed by atoms with van der Waals surface area (Å²) in [4.78, 5) is 14.5. The van der Waals surface area contributed by atoms with Gasteiger partial charge < -0.3 is 10.4 Å². The van der Waals surface area contributed by atoms with Crippen LogP contribution in [0.25, 0.3) is 0 Å². The van der Waals surface area contributed by atoms with Crippen LogP contribution in [0.5, 0.6) is 0 Å². The minimum atomic E-state index is -1.27. The van der Waals surface area contributed by atoms with Gasteiger partial charge in [0.1, 0.15) is 5.56 Å². The largest absolute Gasteiger partial charge is 0.478 e. The summed E-state index contributed by atoms with van der Waals surface area (Å²) in [5, 5.41) is 11.5. The Morgan fingerprint density at radius 3 is 3.00 bits per heavy atom. The van der Waals surface area contributed by atoms with E-state index in [1.54, 1.807) is 0 Å². The van der Waals surface area contributed by atoms with Crippen LogP contribution >= 0.6 is 0 Å². The molecule has 1 aromatic rings. The number of anilines is 1. The van der Waals surface area contributed by atoms with Gasteiger partial charge in [0.2, 0.25) is 0 Å². The Morgan fingerprint density at radius 2 is 2.38 bits per heavy atom. The molecule has 86 valence electrons. The summed E-state index contributed by atoms with van der Waals surface area (Å²) in [5.74, 6) is -1.28. The van der Waals surface area contributed by atoms with E-state index in [9.17, 15) is 9.18 Å². The summed E-state index contributed by atoms with van der Waals surface area (Å²) in [5.41, 5.74) is -0.344. The number of carboxylic acid groups (broad SMARTS) is 1. The fourth-order valence-corrected chi connectivity index (χ4v) is 1.53. The number of carboxylic acids is 1. The number of pyridine rings is 1. The molecule has 2 N–H and O–H groups in total. The van der Waals surface area contributed by atoms with Gasteiger partial charge in [0.05, 0.1) is 0 Å². The summed E-state index contributed by atoms with van der Waals surface area (Å²) in [6.07, 6.45) is 4.77. The highest BCUT2D eigenvalue weighted by atomic mass is 19.1. The molecule has 0 amide bonds. The molecular weight excluding hydrogens is 211 g/mol. The number of carbonyl (C=O) groups is 1. The smallest absolute Gasteiger partial charge is 0.338 e. The Hall–Kier alpha value is -1.65. The van der Waals surface area contributed by atoms with Crippen molar-refractivity contribution in [1.82, 2.24) is 4.98 Å². The number of hydrogen-bond acceptors (Lipinski definition) is 3. The molecule has 16 heavy (non-hydrogen) atoms. The highest BCUT2D eigenvalue weighted by Crippen LogP contribution is 2.32. The number of hydrogen-bond donors (Lipinski definition) is 2. The number of aromatic carboxylic acids is 1. The first-order valence-electron chi connectivity index (χ1n) is 5.30. The van der Waals surface area contributed by atoms with Gasteiger partial charge in [-0.2, -0.15) is 0 Å². The second-order valence-corrected chi connectivity index (χ2v) is 3.99. The maximum Gasteiger partial charge on any atom is 0.338 e. The van der Waals surface area contributed by atoms with Crippen LogP contribution in [-0.2, 0) is 0 Å². The van der Waals surface area contributed by atoms with Gasteiger partial charge in [0, 0.05) is 12.7 Å². The van der Waals surface area contributed by atoms with Crippen LogP contribution in [0.15, 0.2) is 12.3 Å². The molecule has 1 aliphatic rings. The molecule has 0 bridgehead atoms. The maximum absolute atomic E-state index is 13.6. The number of nitrogens with zero attached hydrogens (tertiary/aromatic N) is 1. The molecule has 0 saturated heterocycles. The minimum absolute atomic E-state index is 0.0283. The van der Waals surface area contributed by atoms with Crippen LogP contribution in [0.1, 0.15) is 29.6 Å². The Kier molecular flexibility index (Phi) is 3.03. The van der Waals surface area contributed by atoms with Gasteiger partial charge in [-0.1, -0.05) is 12.8 Å². The van der Waals surface area contributed by atoms with Crippen molar-refractivity contribution in [3.63, 3.8) is 0 Å². The third-order valence-electron chi connectivity index (χ3n) is 2.66. The fraction of sp³-hybridized carbons (Fsp3) is 0.455. The van der Waals surface area contributed by atoms with Gasteiger partial charge in [0.25, 0.3) is 0 Å². The second kappa shape index (κ2) is 4.47. The second-order valence-electron chi connectivity index (χ2n) is 3.99. The molecule has 0 radical (unpaired) electrons. The zero-order valence-electron chi connectivity index (χ0n) is 8.74. The monoisotopic (exact) mass is 224 g/mol. The van der Waals surface area contributed by atoms with E-state index in [2.05, 4.69) is 10.3 Å². The summed E-state index contributed by atoms with van der Waals surface area (Å²) in [6, 6.07) is 1.16. The molecule has 0 aliphatic heterocycles. The summed E-state index contributed by atoms with van der Waals surface area (Å²) < 4.78 is 13.6. The van der Waals surface area contributed by atoms with Crippen LogP contribution in [0.3, 0.4) is 0 Å². The topological polar surface area (TPSA) is 62.2 Å². The number of rotatable bonds is 5. The molecule has 1 heterocycles. The van der Waals surface area contributed by atoms with Crippen LogP contribution in [0.2, 0.25) is 0 Å². The summed E-state index contributed by atoms with van der Waals surface area (Å²) in [7, 11) is 0.